The van der Waals surface area contributed by atoms with Crippen molar-refractivity contribution in [2.45, 2.75) is 6.92 Å². The van der Waals surface area contributed by atoms with Gasteiger partial charge in [0.15, 0.2) is 5.88 Å². The van der Waals surface area contributed by atoms with E-state index in [2.05, 4.69) is 4.74 Å². The zero-order valence-corrected chi connectivity index (χ0v) is 4.15. The minimum absolute atomic E-state index is 0.127. The normalized spacial score (nSPS) is 11.4. The summed E-state index contributed by atoms with van der Waals surface area (Å²) in [6.45, 7) is 0.821. The summed E-state index contributed by atoms with van der Waals surface area (Å²) in [6.07, 6.45) is 1.49. The fourth-order valence-electron chi connectivity index (χ4n) is 0.146. The van der Waals surface area contributed by atoms with Gasteiger partial charge in [-0.25, -0.2) is 4.39 Å². The molecule has 0 bridgehead atoms. The van der Waals surface area contributed by atoms with Crippen molar-refractivity contribution in [3.63, 3.8) is 0 Å². The van der Waals surface area contributed by atoms with E-state index < -0.39 is 6.86 Å². The largest absolute Gasteiger partial charge is 0.449 e. The van der Waals surface area contributed by atoms with E-state index in [4.69, 9.17) is 5.73 Å². The molecule has 2 N–H and O–H groups in total. The molecular formula is C4H8FNO. The average molecular weight is 105 g/mol. The zero-order chi connectivity index (χ0) is 5.70. The Morgan fingerprint density at radius 3 is 2.71 bits per heavy atom. The van der Waals surface area contributed by atoms with Gasteiger partial charge >= 0.3 is 0 Å². The van der Waals surface area contributed by atoms with Gasteiger partial charge in [-0.3, -0.25) is 0 Å². The summed E-state index contributed by atoms with van der Waals surface area (Å²) in [4.78, 5) is 0. The maximum Gasteiger partial charge on any atom is 0.230 e. The number of ether oxygens (including phenoxy) is 1. The Labute approximate surface area is 41.8 Å². The summed E-state index contributed by atoms with van der Waals surface area (Å²) >= 11 is 0. The summed E-state index contributed by atoms with van der Waals surface area (Å²) in [6, 6.07) is 0. The Morgan fingerprint density at radius 2 is 2.57 bits per heavy atom. The fourth-order valence-corrected chi connectivity index (χ4v) is 0.146. The second kappa shape index (κ2) is 3.46. The van der Waals surface area contributed by atoms with Crippen molar-refractivity contribution in [2.75, 3.05) is 6.86 Å². The molecule has 0 heterocycles. The summed E-state index contributed by atoms with van der Waals surface area (Å²) in [5, 5.41) is 0. The number of hydrogen-bond acceptors (Lipinski definition) is 2. The molecule has 7 heavy (non-hydrogen) atoms. The Kier molecular flexibility index (Phi) is 3.10. The van der Waals surface area contributed by atoms with Crippen molar-refractivity contribution in [1.82, 2.24) is 0 Å². The molecule has 0 aliphatic rings. The monoisotopic (exact) mass is 105 g/mol. The minimum Gasteiger partial charge on any atom is -0.449 e. The smallest absolute Gasteiger partial charge is 0.230 e. The molecule has 0 aromatic rings. The van der Waals surface area contributed by atoms with Crippen molar-refractivity contribution >= 4 is 0 Å². The standard InChI is InChI=1S/C4H8FNO/c1-2-4(6)7-3-5/h2H,3,6H2,1H3/b4-2+. The van der Waals surface area contributed by atoms with Gasteiger partial charge in [0.05, 0.1) is 0 Å². The Bertz CT molecular complexity index is 72.1. The molecule has 0 saturated heterocycles. The molecule has 0 spiro atoms. The first kappa shape index (κ1) is 6.27. The topological polar surface area (TPSA) is 35.2 Å². The van der Waals surface area contributed by atoms with Crippen molar-refractivity contribution in [1.29, 1.82) is 0 Å². The molecule has 0 radical (unpaired) electrons. The van der Waals surface area contributed by atoms with Crippen LogP contribution in [0.3, 0.4) is 0 Å². The lowest BCUT2D eigenvalue weighted by Crippen LogP contribution is -2.00. The van der Waals surface area contributed by atoms with Crippen LogP contribution in [-0.4, -0.2) is 6.86 Å². The Hall–Kier alpha value is -0.730. The average Bonchev–Trinajstić information content (AvgIpc) is 1.68. The second-order valence-electron chi connectivity index (χ2n) is 0.944. The molecule has 0 unspecified atom stereocenters. The maximum atomic E-state index is 11.1. The first-order valence-electron chi connectivity index (χ1n) is 1.91. The highest BCUT2D eigenvalue weighted by atomic mass is 19.1. The third kappa shape index (κ3) is 3.09. The molecule has 0 aliphatic heterocycles. The van der Waals surface area contributed by atoms with Gasteiger partial charge < -0.3 is 10.5 Å². The number of nitrogens with two attached hydrogens (primary N) is 1. The zero-order valence-electron chi connectivity index (χ0n) is 4.15. The van der Waals surface area contributed by atoms with E-state index in [-0.39, 0.29) is 5.88 Å². The van der Waals surface area contributed by atoms with Gasteiger partial charge in [-0.15, -0.1) is 0 Å². The van der Waals surface area contributed by atoms with Crippen LogP contribution >= 0.6 is 0 Å². The van der Waals surface area contributed by atoms with Gasteiger partial charge in [0, 0.05) is 0 Å². The molecule has 3 heteroatoms. The van der Waals surface area contributed by atoms with E-state index in [0.717, 1.165) is 0 Å². The van der Waals surface area contributed by atoms with Crippen molar-refractivity contribution in [3.8, 4) is 0 Å². The van der Waals surface area contributed by atoms with Gasteiger partial charge in [0.25, 0.3) is 0 Å². The number of halogens is 1. The number of alkyl halides is 1. The molecule has 0 aromatic heterocycles. The predicted octanol–water partition coefficient (Wildman–Crippen LogP) is 0.750. The van der Waals surface area contributed by atoms with Gasteiger partial charge in [0.2, 0.25) is 6.86 Å². The van der Waals surface area contributed by atoms with Gasteiger partial charge in [-0.2, -0.15) is 0 Å². The second-order valence-corrected chi connectivity index (χ2v) is 0.944. The van der Waals surface area contributed by atoms with E-state index in [1.165, 1.54) is 6.08 Å². The van der Waals surface area contributed by atoms with E-state index in [0.29, 0.717) is 0 Å². The van der Waals surface area contributed by atoms with E-state index in [1.54, 1.807) is 6.92 Å². The van der Waals surface area contributed by atoms with Gasteiger partial charge in [-0.05, 0) is 13.0 Å². The molecule has 0 rings (SSSR count). The highest BCUT2D eigenvalue weighted by Crippen LogP contribution is 1.84. The van der Waals surface area contributed by atoms with E-state index in [9.17, 15) is 4.39 Å². The Morgan fingerprint density at radius 1 is 2.00 bits per heavy atom. The lowest BCUT2D eigenvalue weighted by atomic mass is 10.7. The highest BCUT2D eigenvalue weighted by molar-refractivity contribution is 4.81. The van der Waals surface area contributed by atoms with Crippen LogP contribution in [0.25, 0.3) is 0 Å². The van der Waals surface area contributed by atoms with Crippen molar-refractivity contribution in [2.24, 2.45) is 5.73 Å². The molecule has 0 amide bonds. The molecule has 0 saturated carbocycles. The lowest BCUT2D eigenvalue weighted by molar-refractivity contribution is 0.113. The number of rotatable bonds is 2. The third-order valence-electron chi connectivity index (χ3n) is 0.506. The summed E-state index contributed by atoms with van der Waals surface area (Å²) < 4.78 is 15.3. The predicted molar refractivity (Wildman–Crippen MR) is 25.0 cm³/mol. The molecule has 42 valence electrons. The van der Waals surface area contributed by atoms with Crippen LogP contribution in [0.2, 0.25) is 0 Å². The number of hydrogen-bond donors (Lipinski definition) is 1. The van der Waals surface area contributed by atoms with Crippen molar-refractivity contribution < 1.29 is 9.13 Å². The van der Waals surface area contributed by atoms with Crippen LogP contribution in [0.4, 0.5) is 4.39 Å². The first-order valence-corrected chi connectivity index (χ1v) is 1.91. The summed E-state index contributed by atoms with van der Waals surface area (Å²) in [7, 11) is 0. The molecule has 0 fully saturated rings. The van der Waals surface area contributed by atoms with Crippen LogP contribution in [0.5, 0.6) is 0 Å². The first-order chi connectivity index (χ1) is 3.31. The van der Waals surface area contributed by atoms with Crippen LogP contribution in [-0.2, 0) is 4.74 Å². The molecule has 2 nitrogen and oxygen atoms in total. The highest BCUT2D eigenvalue weighted by Gasteiger charge is 1.80. The maximum absolute atomic E-state index is 11.1. The quantitative estimate of drug-likeness (QED) is 0.526. The van der Waals surface area contributed by atoms with Crippen LogP contribution < -0.4 is 5.73 Å². The lowest BCUT2D eigenvalue weighted by Gasteiger charge is -1.95. The minimum atomic E-state index is -0.851. The van der Waals surface area contributed by atoms with Gasteiger partial charge in [-0.1, -0.05) is 0 Å². The molecule has 0 aliphatic carbocycles. The van der Waals surface area contributed by atoms with Crippen LogP contribution in [0.15, 0.2) is 12.0 Å². The van der Waals surface area contributed by atoms with Crippen LogP contribution in [0.1, 0.15) is 6.92 Å². The third-order valence-corrected chi connectivity index (χ3v) is 0.506. The summed E-state index contributed by atoms with van der Waals surface area (Å²) in [5.41, 5.74) is 4.98. The molecule has 0 aromatic carbocycles. The molecule has 0 atom stereocenters. The van der Waals surface area contributed by atoms with Crippen LogP contribution in [0, 0.1) is 0 Å². The fraction of sp³-hybridized carbons (Fsp3) is 0.500. The number of allylic oxidation sites excluding steroid dienone is 1. The SMILES string of the molecule is C/C=C(\N)OCF. The van der Waals surface area contributed by atoms with E-state index >= 15 is 0 Å². The van der Waals surface area contributed by atoms with E-state index in [1.807, 2.05) is 0 Å². The Balaban J connectivity index is 3.17. The summed E-state index contributed by atoms with van der Waals surface area (Å²) in [5.74, 6) is 0.127. The molecular weight excluding hydrogens is 97.0 g/mol. The van der Waals surface area contributed by atoms with Gasteiger partial charge in [0.1, 0.15) is 0 Å². The van der Waals surface area contributed by atoms with Crippen molar-refractivity contribution in [3.05, 3.63) is 12.0 Å².